The first-order chi connectivity index (χ1) is 15.7. The highest BCUT2D eigenvalue weighted by molar-refractivity contribution is 7.83. The summed E-state index contributed by atoms with van der Waals surface area (Å²) < 4.78 is -1.80. The molecule has 176 valence electrons. The number of amides is 2. The molecule has 0 spiro atoms. The average molecular weight is 490 g/mol. The van der Waals surface area contributed by atoms with Crippen LogP contribution in [0.5, 0.6) is 0 Å². The van der Waals surface area contributed by atoms with Gasteiger partial charge in [0.25, 0.3) is 11.8 Å². The molecule has 1 aliphatic rings. The van der Waals surface area contributed by atoms with Gasteiger partial charge in [-0.25, -0.2) is 0 Å². The van der Waals surface area contributed by atoms with Gasteiger partial charge in [-0.05, 0) is 54.8 Å². The Morgan fingerprint density at radius 2 is 1.64 bits per heavy atom. The van der Waals surface area contributed by atoms with Crippen molar-refractivity contribution < 1.29 is 19.5 Å². The van der Waals surface area contributed by atoms with Crippen LogP contribution in [0.4, 0.5) is 5.69 Å². The zero-order valence-corrected chi connectivity index (χ0v) is 20.1. The maximum Gasteiger partial charge on any atom is 0.329 e. The van der Waals surface area contributed by atoms with E-state index in [1.807, 2.05) is 29.2 Å². The van der Waals surface area contributed by atoms with Gasteiger partial charge in [0.2, 0.25) is 0 Å². The third-order valence-corrected chi connectivity index (χ3v) is 6.88. The number of nitrogens with one attached hydrogen (secondary N) is 1. The molecule has 1 aliphatic heterocycles. The standard InChI is InChI=1S/C24H28ClN3O4S/c1-2-24(33,23(31)32)22(30)26-20-9-5-18(6-10-20)21(29)28-15-13-27(14-16-28)12-11-17-3-7-19(25)8-4-17/h3-10,33H,2,11-16H2,1H3,(H,26,30)(H,31,32). The molecule has 3 rings (SSSR count). The van der Waals surface area contributed by atoms with E-state index in [0.29, 0.717) is 24.3 Å². The molecule has 7 nitrogen and oxygen atoms in total. The van der Waals surface area contributed by atoms with Crippen molar-refractivity contribution in [1.82, 2.24) is 9.80 Å². The van der Waals surface area contributed by atoms with E-state index in [-0.39, 0.29) is 12.3 Å². The van der Waals surface area contributed by atoms with Crippen LogP contribution in [0.25, 0.3) is 0 Å². The number of halogens is 1. The lowest BCUT2D eigenvalue weighted by molar-refractivity contribution is -0.143. The molecule has 9 heteroatoms. The van der Waals surface area contributed by atoms with Gasteiger partial charge in [-0.1, -0.05) is 30.7 Å². The SMILES string of the molecule is CCC(S)(C(=O)O)C(=O)Nc1ccc(C(=O)N2CCN(CCc3ccc(Cl)cc3)CC2)cc1. The number of hydrogen-bond acceptors (Lipinski definition) is 5. The lowest BCUT2D eigenvalue weighted by Crippen LogP contribution is -2.49. The van der Waals surface area contributed by atoms with Gasteiger partial charge in [-0.3, -0.25) is 19.3 Å². The van der Waals surface area contributed by atoms with Gasteiger partial charge in [0.15, 0.2) is 4.75 Å². The Morgan fingerprint density at radius 3 is 2.18 bits per heavy atom. The lowest BCUT2D eigenvalue weighted by atomic mass is 10.0. The zero-order chi connectivity index (χ0) is 24.0. The summed E-state index contributed by atoms with van der Waals surface area (Å²) in [6.07, 6.45) is 0.977. The van der Waals surface area contributed by atoms with E-state index in [1.54, 1.807) is 31.2 Å². The van der Waals surface area contributed by atoms with Gasteiger partial charge in [0.1, 0.15) is 0 Å². The van der Waals surface area contributed by atoms with Crippen LogP contribution in [0.1, 0.15) is 29.3 Å². The molecular weight excluding hydrogens is 462 g/mol. The van der Waals surface area contributed by atoms with Crippen LogP contribution in [0.2, 0.25) is 5.02 Å². The Morgan fingerprint density at radius 1 is 1.03 bits per heavy atom. The number of carbonyl (C=O) groups excluding carboxylic acids is 2. The first-order valence-electron chi connectivity index (χ1n) is 10.9. The van der Waals surface area contributed by atoms with Crippen molar-refractivity contribution >= 4 is 47.7 Å². The zero-order valence-electron chi connectivity index (χ0n) is 18.5. The number of rotatable bonds is 8. The maximum absolute atomic E-state index is 12.9. The monoisotopic (exact) mass is 489 g/mol. The van der Waals surface area contributed by atoms with Crippen LogP contribution in [0.3, 0.4) is 0 Å². The number of carbonyl (C=O) groups is 3. The third-order valence-electron chi connectivity index (χ3n) is 5.92. The summed E-state index contributed by atoms with van der Waals surface area (Å²) in [6, 6.07) is 14.3. The van der Waals surface area contributed by atoms with Crippen LogP contribution in [-0.2, 0) is 16.0 Å². The van der Waals surface area contributed by atoms with Gasteiger partial charge in [0, 0.05) is 49.0 Å². The quantitative estimate of drug-likeness (QED) is 0.390. The van der Waals surface area contributed by atoms with Gasteiger partial charge in [-0.2, -0.15) is 12.6 Å². The van der Waals surface area contributed by atoms with E-state index >= 15 is 0 Å². The van der Waals surface area contributed by atoms with Crippen molar-refractivity contribution in [3.8, 4) is 0 Å². The molecule has 2 N–H and O–H groups in total. The topological polar surface area (TPSA) is 89.9 Å². The number of nitrogens with zero attached hydrogens (tertiary/aromatic N) is 2. The molecule has 0 saturated carbocycles. The number of piperazine rings is 1. The minimum Gasteiger partial charge on any atom is -0.480 e. The van der Waals surface area contributed by atoms with Gasteiger partial charge in [0.05, 0.1) is 0 Å². The van der Waals surface area contributed by atoms with E-state index < -0.39 is 16.6 Å². The lowest BCUT2D eigenvalue weighted by Gasteiger charge is -2.34. The highest BCUT2D eigenvalue weighted by Crippen LogP contribution is 2.23. The minimum atomic E-state index is -1.80. The molecule has 2 aromatic carbocycles. The fourth-order valence-corrected chi connectivity index (χ4v) is 3.82. The summed E-state index contributed by atoms with van der Waals surface area (Å²) in [6.45, 7) is 5.43. The molecule has 2 amide bonds. The molecule has 1 heterocycles. The average Bonchev–Trinajstić information content (AvgIpc) is 2.83. The molecule has 33 heavy (non-hydrogen) atoms. The van der Waals surface area contributed by atoms with Crippen molar-refractivity contribution in [2.45, 2.75) is 24.5 Å². The smallest absolute Gasteiger partial charge is 0.329 e. The van der Waals surface area contributed by atoms with Crippen molar-refractivity contribution in [2.75, 3.05) is 38.0 Å². The van der Waals surface area contributed by atoms with Gasteiger partial charge in [-0.15, -0.1) is 0 Å². The molecule has 0 radical (unpaired) electrons. The van der Waals surface area contributed by atoms with Crippen LogP contribution < -0.4 is 5.32 Å². The third kappa shape index (κ3) is 6.28. The Kier molecular flexibility index (Phi) is 8.40. The number of carboxylic acid groups (broad SMARTS) is 1. The molecule has 1 fully saturated rings. The van der Waals surface area contributed by atoms with E-state index in [2.05, 4.69) is 22.8 Å². The number of aliphatic carboxylic acids is 1. The molecule has 1 saturated heterocycles. The summed E-state index contributed by atoms with van der Waals surface area (Å²) in [7, 11) is 0. The Balaban J connectivity index is 1.50. The molecule has 0 aromatic heterocycles. The first kappa shape index (κ1) is 25.1. The summed E-state index contributed by atoms with van der Waals surface area (Å²) in [4.78, 5) is 40.7. The predicted octanol–water partition coefficient (Wildman–Crippen LogP) is 3.44. The number of hydrogen-bond donors (Lipinski definition) is 3. The van der Waals surface area contributed by atoms with Gasteiger partial charge < -0.3 is 15.3 Å². The van der Waals surface area contributed by atoms with Crippen molar-refractivity contribution in [1.29, 1.82) is 0 Å². The first-order valence-corrected chi connectivity index (χ1v) is 11.7. The minimum absolute atomic E-state index is 0.0412. The fraction of sp³-hybridized carbons (Fsp3) is 0.375. The molecular formula is C24H28ClN3O4S. The maximum atomic E-state index is 12.9. The van der Waals surface area contributed by atoms with E-state index in [4.69, 9.17) is 11.6 Å². The number of carboxylic acids is 1. The van der Waals surface area contributed by atoms with Crippen molar-refractivity contribution in [3.63, 3.8) is 0 Å². The Labute approximate surface area is 204 Å². The van der Waals surface area contributed by atoms with Crippen LogP contribution >= 0.6 is 24.2 Å². The molecule has 2 aromatic rings. The van der Waals surface area contributed by atoms with Gasteiger partial charge >= 0.3 is 5.97 Å². The Hall–Kier alpha value is -2.55. The summed E-state index contributed by atoms with van der Waals surface area (Å²) in [5.74, 6) is -2.08. The van der Waals surface area contributed by atoms with Crippen LogP contribution in [0.15, 0.2) is 48.5 Å². The highest BCUT2D eigenvalue weighted by Gasteiger charge is 2.41. The predicted molar refractivity (Wildman–Crippen MR) is 132 cm³/mol. The van der Waals surface area contributed by atoms with Crippen LogP contribution in [-0.4, -0.2) is 70.2 Å². The molecule has 1 atom stereocenters. The second kappa shape index (κ2) is 11.0. The Bertz CT molecular complexity index is 992. The van der Waals surface area contributed by atoms with Crippen LogP contribution in [0, 0.1) is 0 Å². The van der Waals surface area contributed by atoms with E-state index in [9.17, 15) is 19.5 Å². The van der Waals surface area contributed by atoms with Crippen molar-refractivity contribution in [2.24, 2.45) is 0 Å². The number of benzene rings is 2. The molecule has 1 unspecified atom stereocenters. The fourth-order valence-electron chi connectivity index (χ4n) is 3.63. The van der Waals surface area contributed by atoms with Crippen molar-refractivity contribution in [3.05, 3.63) is 64.7 Å². The van der Waals surface area contributed by atoms with E-state index in [1.165, 1.54) is 5.56 Å². The second-order valence-corrected chi connectivity index (χ2v) is 9.26. The number of thiol groups is 1. The summed E-state index contributed by atoms with van der Waals surface area (Å²) >= 11 is 9.96. The largest absolute Gasteiger partial charge is 0.480 e. The summed E-state index contributed by atoms with van der Waals surface area (Å²) in [5, 5.41) is 12.6. The normalized spacial score (nSPS) is 16.2. The second-order valence-electron chi connectivity index (χ2n) is 8.06. The molecule has 0 bridgehead atoms. The summed E-state index contributed by atoms with van der Waals surface area (Å²) in [5.41, 5.74) is 2.17. The highest BCUT2D eigenvalue weighted by atomic mass is 35.5. The van der Waals surface area contributed by atoms with E-state index in [0.717, 1.165) is 31.1 Å². The number of anilines is 1. The molecule has 0 aliphatic carbocycles.